The molecule has 0 aromatic heterocycles. The molecule has 2 aromatic rings. The van der Waals surface area contributed by atoms with Crippen molar-refractivity contribution in [3.05, 3.63) is 66.2 Å². The Hall–Kier alpha value is -2.29. The molecule has 1 aliphatic heterocycles. The summed E-state index contributed by atoms with van der Waals surface area (Å²) in [6.45, 7) is 1.91. The summed E-state index contributed by atoms with van der Waals surface area (Å²) in [5.74, 6) is 0.365. The molecule has 2 aromatic carbocycles. The second-order valence-electron chi connectivity index (χ2n) is 5.36. The average Bonchev–Trinajstić information content (AvgIpc) is 2.52. The highest BCUT2D eigenvalue weighted by Gasteiger charge is 2.48. The maximum atomic E-state index is 12.6. The van der Waals surface area contributed by atoms with Crippen LogP contribution in [0.2, 0.25) is 0 Å². The number of hydrogen-bond donors (Lipinski definition) is 0. The van der Waals surface area contributed by atoms with Crippen LogP contribution >= 0.6 is 0 Å². The first-order valence-corrected chi connectivity index (χ1v) is 7.21. The minimum atomic E-state index is -1.05. The predicted molar refractivity (Wildman–Crippen MR) is 80.0 cm³/mol. The SMILES string of the molecule is CC1CCC(Oc2ccccc2)(c2ccccc2)C(=O)O1. The van der Waals surface area contributed by atoms with Crippen molar-refractivity contribution in [2.45, 2.75) is 31.5 Å². The van der Waals surface area contributed by atoms with E-state index in [9.17, 15) is 4.79 Å². The highest BCUT2D eigenvalue weighted by atomic mass is 16.6. The summed E-state index contributed by atoms with van der Waals surface area (Å²) in [7, 11) is 0. The molecule has 1 aliphatic rings. The number of carbonyl (C=O) groups is 1. The number of benzene rings is 2. The smallest absolute Gasteiger partial charge is 0.355 e. The molecule has 1 fully saturated rings. The van der Waals surface area contributed by atoms with Crippen molar-refractivity contribution in [1.82, 2.24) is 0 Å². The molecule has 108 valence electrons. The van der Waals surface area contributed by atoms with Crippen molar-refractivity contribution in [3.63, 3.8) is 0 Å². The first-order chi connectivity index (χ1) is 10.2. The second kappa shape index (κ2) is 5.60. The molecule has 1 saturated heterocycles. The van der Waals surface area contributed by atoms with Gasteiger partial charge in [-0.25, -0.2) is 4.79 Å². The molecule has 21 heavy (non-hydrogen) atoms. The molecule has 0 aliphatic carbocycles. The molecule has 1 heterocycles. The van der Waals surface area contributed by atoms with Gasteiger partial charge >= 0.3 is 5.97 Å². The van der Waals surface area contributed by atoms with Crippen LogP contribution in [0.4, 0.5) is 0 Å². The van der Waals surface area contributed by atoms with E-state index >= 15 is 0 Å². The van der Waals surface area contributed by atoms with E-state index in [1.165, 1.54) is 0 Å². The van der Waals surface area contributed by atoms with Gasteiger partial charge in [-0.1, -0.05) is 48.5 Å². The zero-order valence-corrected chi connectivity index (χ0v) is 12.0. The lowest BCUT2D eigenvalue weighted by atomic mass is 9.85. The molecule has 3 heteroatoms. The Labute approximate surface area is 124 Å². The van der Waals surface area contributed by atoms with E-state index in [-0.39, 0.29) is 12.1 Å². The number of para-hydroxylation sites is 1. The molecule has 0 saturated carbocycles. The van der Waals surface area contributed by atoms with Gasteiger partial charge in [0, 0.05) is 12.0 Å². The van der Waals surface area contributed by atoms with E-state index in [0.29, 0.717) is 12.2 Å². The lowest BCUT2D eigenvalue weighted by Gasteiger charge is -2.37. The molecule has 0 bridgehead atoms. The summed E-state index contributed by atoms with van der Waals surface area (Å²) >= 11 is 0. The van der Waals surface area contributed by atoms with Gasteiger partial charge < -0.3 is 9.47 Å². The molecule has 0 spiro atoms. The van der Waals surface area contributed by atoms with Crippen molar-refractivity contribution in [3.8, 4) is 5.75 Å². The first-order valence-electron chi connectivity index (χ1n) is 7.21. The average molecular weight is 282 g/mol. The van der Waals surface area contributed by atoms with E-state index in [4.69, 9.17) is 9.47 Å². The molecule has 3 nitrogen and oxygen atoms in total. The van der Waals surface area contributed by atoms with E-state index in [1.807, 2.05) is 67.6 Å². The number of cyclic esters (lactones) is 1. The van der Waals surface area contributed by atoms with Crippen LogP contribution in [0.15, 0.2) is 60.7 Å². The normalized spacial score (nSPS) is 25.2. The third-order valence-electron chi connectivity index (χ3n) is 3.82. The molecule has 3 rings (SSSR count). The molecule has 2 unspecified atom stereocenters. The number of esters is 1. The van der Waals surface area contributed by atoms with Crippen LogP contribution < -0.4 is 4.74 Å². The van der Waals surface area contributed by atoms with Gasteiger partial charge in [0.25, 0.3) is 0 Å². The van der Waals surface area contributed by atoms with Crippen LogP contribution in [0.3, 0.4) is 0 Å². The van der Waals surface area contributed by atoms with Gasteiger partial charge in [-0.3, -0.25) is 0 Å². The Kier molecular flexibility index (Phi) is 3.65. The van der Waals surface area contributed by atoms with E-state index < -0.39 is 5.60 Å². The summed E-state index contributed by atoms with van der Waals surface area (Å²) in [5.41, 5.74) is -0.208. The van der Waals surface area contributed by atoms with Gasteiger partial charge in [0.2, 0.25) is 5.60 Å². The zero-order valence-electron chi connectivity index (χ0n) is 12.0. The van der Waals surface area contributed by atoms with Gasteiger partial charge in [0.15, 0.2) is 0 Å². The fourth-order valence-electron chi connectivity index (χ4n) is 2.66. The Balaban J connectivity index is 2.01. The van der Waals surface area contributed by atoms with Gasteiger partial charge in [0.1, 0.15) is 5.75 Å². The fourth-order valence-corrected chi connectivity index (χ4v) is 2.66. The lowest BCUT2D eigenvalue weighted by Crippen LogP contribution is -2.48. The molecule has 0 amide bonds. The lowest BCUT2D eigenvalue weighted by molar-refractivity contribution is -0.178. The van der Waals surface area contributed by atoms with E-state index in [1.54, 1.807) is 0 Å². The number of hydrogen-bond acceptors (Lipinski definition) is 3. The van der Waals surface area contributed by atoms with Gasteiger partial charge in [-0.2, -0.15) is 0 Å². The third-order valence-corrected chi connectivity index (χ3v) is 3.82. The highest BCUT2D eigenvalue weighted by Crippen LogP contribution is 2.38. The maximum absolute atomic E-state index is 12.6. The van der Waals surface area contributed by atoms with Gasteiger partial charge in [-0.15, -0.1) is 0 Å². The van der Waals surface area contributed by atoms with Crippen LogP contribution in [-0.4, -0.2) is 12.1 Å². The topological polar surface area (TPSA) is 35.5 Å². The molecular weight excluding hydrogens is 264 g/mol. The number of carbonyl (C=O) groups excluding carboxylic acids is 1. The van der Waals surface area contributed by atoms with Crippen molar-refractivity contribution in [1.29, 1.82) is 0 Å². The minimum Gasteiger partial charge on any atom is -0.471 e. The van der Waals surface area contributed by atoms with E-state index in [2.05, 4.69) is 0 Å². The fraction of sp³-hybridized carbons (Fsp3) is 0.278. The highest BCUT2D eigenvalue weighted by molar-refractivity contribution is 5.82. The summed E-state index contributed by atoms with van der Waals surface area (Å²) in [6, 6.07) is 19.0. The summed E-state index contributed by atoms with van der Waals surface area (Å²) in [4.78, 5) is 12.6. The second-order valence-corrected chi connectivity index (χ2v) is 5.36. The van der Waals surface area contributed by atoms with Crippen molar-refractivity contribution < 1.29 is 14.3 Å². The monoisotopic (exact) mass is 282 g/mol. The molecular formula is C18H18O3. The predicted octanol–water partition coefficient (Wildman–Crippen LogP) is 3.69. The van der Waals surface area contributed by atoms with Crippen molar-refractivity contribution in [2.24, 2.45) is 0 Å². The van der Waals surface area contributed by atoms with Crippen LogP contribution in [-0.2, 0) is 15.1 Å². The quantitative estimate of drug-likeness (QED) is 0.805. The Morgan fingerprint density at radius 3 is 2.29 bits per heavy atom. The Morgan fingerprint density at radius 2 is 1.67 bits per heavy atom. The summed E-state index contributed by atoms with van der Waals surface area (Å²) in [6.07, 6.45) is 1.34. The number of rotatable bonds is 3. The molecule has 0 radical (unpaired) electrons. The third kappa shape index (κ3) is 2.64. The van der Waals surface area contributed by atoms with Gasteiger partial charge in [-0.05, 0) is 25.5 Å². The van der Waals surface area contributed by atoms with Gasteiger partial charge in [0.05, 0.1) is 6.10 Å². The first kappa shape index (κ1) is 13.7. The van der Waals surface area contributed by atoms with Crippen molar-refractivity contribution in [2.75, 3.05) is 0 Å². The minimum absolute atomic E-state index is 0.0614. The van der Waals surface area contributed by atoms with Crippen LogP contribution in [0.5, 0.6) is 5.75 Å². The van der Waals surface area contributed by atoms with Crippen LogP contribution in [0, 0.1) is 0 Å². The summed E-state index contributed by atoms with van der Waals surface area (Å²) < 4.78 is 11.6. The summed E-state index contributed by atoms with van der Waals surface area (Å²) in [5, 5.41) is 0. The standard InChI is InChI=1S/C18H18O3/c1-14-12-13-18(17(19)20-14,15-8-4-2-5-9-15)21-16-10-6-3-7-11-16/h2-11,14H,12-13H2,1H3. The Morgan fingerprint density at radius 1 is 1.05 bits per heavy atom. The number of ether oxygens (including phenoxy) is 2. The van der Waals surface area contributed by atoms with Crippen LogP contribution in [0.1, 0.15) is 25.3 Å². The van der Waals surface area contributed by atoms with Crippen molar-refractivity contribution >= 4 is 5.97 Å². The molecule has 2 atom stereocenters. The van der Waals surface area contributed by atoms with E-state index in [0.717, 1.165) is 12.0 Å². The largest absolute Gasteiger partial charge is 0.471 e. The molecule has 0 N–H and O–H groups in total. The zero-order chi connectivity index (χ0) is 14.7. The Bertz CT molecular complexity index is 609. The maximum Gasteiger partial charge on any atom is 0.355 e. The van der Waals surface area contributed by atoms with Crippen LogP contribution in [0.25, 0.3) is 0 Å².